The monoisotopic (exact) mass is 409 g/mol. The van der Waals surface area contributed by atoms with Gasteiger partial charge in [0, 0.05) is 0 Å². The summed E-state index contributed by atoms with van der Waals surface area (Å²) in [4.78, 5) is 35.8. The van der Waals surface area contributed by atoms with Crippen LogP contribution in [-0.4, -0.2) is 62.1 Å². The Hall–Kier alpha value is -1.99. The highest BCUT2D eigenvalue weighted by Gasteiger charge is 2.45. The molecule has 1 aromatic rings. The number of ether oxygens (including phenoxy) is 1. The normalized spacial score (nSPS) is 27.3. The van der Waals surface area contributed by atoms with Crippen LogP contribution >= 0.6 is 7.82 Å². The number of primary amides is 1. The van der Waals surface area contributed by atoms with Crippen LogP contribution in [0.25, 0.3) is 0 Å². The minimum Gasteiger partial charge on any atom is -0.387 e. The largest absolute Gasteiger partial charge is 0.472 e. The summed E-state index contributed by atoms with van der Waals surface area (Å²) in [6.07, 6.45) is -4.70. The molecule has 0 radical (unpaired) electrons. The molecule has 0 aliphatic carbocycles. The fourth-order valence-electron chi connectivity index (χ4n) is 2.28. The Kier molecular flexibility index (Phi) is 6.59. The van der Waals surface area contributed by atoms with Gasteiger partial charge in [-0.05, 0) is 0 Å². The van der Waals surface area contributed by atoms with Crippen LogP contribution in [0, 0.1) is 5.95 Å². The molecule has 1 aliphatic heterocycles. The topological polar surface area (TPSA) is 183 Å². The third-order valence-electron chi connectivity index (χ3n) is 3.50. The highest BCUT2D eigenvalue weighted by molar-refractivity contribution is 7.47. The Morgan fingerprint density at radius 2 is 2.15 bits per heavy atom. The van der Waals surface area contributed by atoms with Gasteiger partial charge in [-0.1, -0.05) is 6.08 Å². The Balaban J connectivity index is 2.20. The van der Waals surface area contributed by atoms with E-state index < -0.39 is 62.1 Å². The minimum atomic E-state index is -4.48. The number of phosphoric ester groups is 1. The lowest BCUT2D eigenvalue weighted by atomic mass is 10.1. The van der Waals surface area contributed by atoms with Crippen molar-refractivity contribution >= 4 is 13.7 Å². The molecule has 14 heteroatoms. The lowest BCUT2D eigenvalue weighted by Crippen LogP contribution is -2.38. The zero-order chi connectivity index (χ0) is 20.4. The molecule has 150 valence electrons. The summed E-state index contributed by atoms with van der Waals surface area (Å²) >= 11 is 0. The first-order valence-electron chi connectivity index (χ1n) is 7.40. The van der Waals surface area contributed by atoms with E-state index in [1.54, 1.807) is 0 Å². The van der Waals surface area contributed by atoms with Gasteiger partial charge in [-0.25, -0.2) is 9.55 Å². The predicted molar refractivity (Wildman–Crippen MR) is 84.8 cm³/mol. The lowest BCUT2D eigenvalue weighted by molar-refractivity contribution is -0.0550. The van der Waals surface area contributed by atoms with Crippen LogP contribution in [0.2, 0.25) is 0 Å². The van der Waals surface area contributed by atoms with E-state index in [2.05, 4.69) is 20.6 Å². The number of rotatable bonds is 8. The van der Waals surface area contributed by atoms with Crippen LogP contribution in [-0.2, 0) is 18.3 Å². The molecule has 1 amide bonds. The third-order valence-corrected chi connectivity index (χ3v) is 4.45. The van der Waals surface area contributed by atoms with Crippen molar-refractivity contribution in [3.63, 3.8) is 0 Å². The molecule has 1 aromatic heterocycles. The maximum Gasteiger partial charge on any atom is 0.472 e. The standard InChI is InChI=1S/C13H17FN3O9P/c1-2-3-24-27(22,23)25-5-6-9(18)10(19)13(26-6)17-4-7(14)16-8(11(15)20)12(17)21/h2,4,6,9-10,13,18-19H,1,3,5H2,(H2,15,20)(H,22,23)/t6-,9-,10-,13-/m1/s1. The van der Waals surface area contributed by atoms with E-state index in [9.17, 15) is 33.7 Å². The van der Waals surface area contributed by atoms with Gasteiger partial charge in [-0.3, -0.25) is 23.2 Å². The van der Waals surface area contributed by atoms with Crippen molar-refractivity contribution in [3.8, 4) is 0 Å². The van der Waals surface area contributed by atoms with Crippen molar-refractivity contribution < 1.29 is 42.6 Å². The van der Waals surface area contributed by atoms with Gasteiger partial charge < -0.3 is 25.6 Å². The molecule has 1 fully saturated rings. The minimum absolute atomic E-state index is 0.283. The second-order valence-corrected chi connectivity index (χ2v) is 6.84. The van der Waals surface area contributed by atoms with Crippen molar-refractivity contribution in [2.45, 2.75) is 24.5 Å². The Morgan fingerprint density at radius 1 is 1.48 bits per heavy atom. The molecule has 5 N–H and O–H groups in total. The predicted octanol–water partition coefficient (Wildman–Crippen LogP) is -1.58. The van der Waals surface area contributed by atoms with Gasteiger partial charge in [0.05, 0.1) is 19.4 Å². The maximum atomic E-state index is 13.6. The SMILES string of the molecule is C=CCOP(=O)(O)OC[C@H]1O[C@@H](n2cc(F)nc(C(N)=O)c2=O)[C@H](O)[C@@H]1O. The number of amides is 1. The molecule has 0 bridgehead atoms. The summed E-state index contributed by atoms with van der Waals surface area (Å²) in [5.74, 6) is -2.56. The zero-order valence-corrected chi connectivity index (χ0v) is 14.6. The van der Waals surface area contributed by atoms with Gasteiger partial charge in [0.2, 0.25) is 5.95 Å². The van der Waals surface area contributed by atoms with Gasteiger partial charge in [0.25, 0.3) is 11.5 Å². The number of phosphoric acid groups is 1. The number of aliphatic hydroxyl groups is 2. The molecule has 5 atom stereocenters. The van der Waals surface area contributed by atoms with Crippen molar-refractivity contribution in [2.75, 3.05) is 13.2 Å². The summed E-state index contributed by atoms with van der Waals surface area (Å²) in [7, 11) is -4.48. The first kappa shape index (κ1) is 21.3. The van der Waals surface area contributed by atoms with E-state index >= 15 is 0 Å². The summed E-state index contributed by atoms with van der Waals surface area (Å²) < 4.78 is 40.0. The van der Waals surface area contributed by atoms with Crippen molar-refractivity contribution in [1.29, 1.82) is 0 Å². The molecule has 0 spiro atoms. The van der Waals surface area contributed by atoms with Crippen molar-refractivity contribution in [3.05, 3.63) is 40.8 Å². The highest BCUT2D eigenvalue weighted by atomic mass is 31.2. The average Bonchev–Trinajstić information content (AvgIpc) is 2.88. The quantitative estimate of drug-likeness (QED) is 0.289. The van der Waals surface area contributed by atoms with E-state index in [0.717, 1.165) is 0 Å². The molecule has 0 aromatic carbocycles. The summed E-state index contributed by atoms with van der Waals surface area (Å²) in [5, 5.41) is 20.1. The Labute approximate surface area is 151 Å². The van der Waals surface area contributed by atoms with E-state index in [-0.39, 0.29) is 6.61 Å². The average molecular weight is 409 g/mol. The van der Waals surface area contributed by atoms with Crippen molar-refractivity contribution in [2.24, 2.45) is 5.73 Å². The van der Waals surface area contributed by atoms with Crippen LogP contribution in [0.3, 0.4) is 0 Å². The first-order valence-corrected chi connectivity index (χ1v) is 8.89. The second-order valence-electron chi connectivity index (χ2n) is 5.38. The number of aromatic nitrogens is 2. The molecule has 1 saturated heterocycles. The van der Waals surface area contributed by atoms with Gasteiger partial charge >= 0.3 is 7.82 Å². The molecular weight excluding hydrogens is 392 g/mol. The number of nitrogens with two attached hydrogens (primary N) is 1. The fraction of sp³-hybridized carbons (Fsp3) is 0.462. The molecule has 1 unspecified atom stereocenters. The number of carbonyl (C=O) groups excluding carboxylic acids is 1. The summed E-state index contributed by atoms with van der Waals surface area (Å²) in [5.41, 5.74) is 2.85. The number of carbonyl (C=O) groups is 1. The number of halogens is 1. The van der Waals surface area contributed by atoms with E-state index in [4.69, 9.17) is 10.5 Å². The van der Waals surface area contributed by atoms with Crippen molar-refractivity contribution in [1.82, 2.24) is 9.55 Å². The molecule has 2 heterocycles. The van der Waals surface area contributed by atoms with E-state index in [1.165, 1.54) is 6.08 Å². The maximum absolute atomic E-state index is 13.6. The van der Waals surface area contributed by atoms with E-state index in [1.807, 2.05) is 0 Å². The van der Waals surface area contributed by atoms with Gasteiger partial charge in [-0.2, -0.15) is 4.39 Å². The first-order chi connectivity index (χ1) is 12.6. The van der Waals surface area contributed by atoms with Crippen LogP contribution in [0.1, 0.15) is 16.7 Å². The molecular formula is C13H17FN3O9P. The Morgan fingerprint density at radius 3 is 2.74 bits per heavy atom. The fourth-order valence-corrected chi connectivity index (χ4v) is 2.98. The van der Waals surface area contributed by atoms with E-state index in [0.29, 0.717) is 10.8 Å². The third kappa shape index (κ3) is 4.84. The summed E-state index contributed by atoms with van der Waals surface area (Å²) in [6, 6.07) is 0. The van der Waals surface area contributed by atoms with Crippen LogP contribution in [0.4, 0.5) is 4.39 Å². The number of aliphatic hydroxyl groups excluding tert-OH is 2. The Bertz CT molecular complexity index is 832. The molecule has 12 nitrogen and oxygen atoms in total. The number of hydrogen-bond acceptors (Lipinski definition) is 9. The zero-order valence-electron chi connectivity index (χ0n) is 13.7. The lowest BCUT2D eigenvalue weighted by Gasteiger charge is -2.18. The van der Waals surface area contributed by atoms with Crippen LogP contribution in [0.15, 0.2) is 23.6 Å². The molecule has 0 saturated carbocycles. The smallest absolute Gasteiger partial charge is 0.387 e. The van der Waals surface area contributed by atoms with Gasteiger partial charge in [0.1, 0.15) is 18.3 Å². The van der Waals surface area contributed by atoms with Crippen LogP contribution in [0.5, 0.6) is 0 Å². The molecule has 1 aliphatic rings. The summed E-state index contributed by atoms with van der Waals surface area (Å²) in [6.45, 7) is 2.30. The number of hydrogen-bond donors (Lipinski definition) is 4. The highest BCUT2D eigenvalue weighted by Crippen LogP contribution is 2.44. The van der Waals surface area contributed by atoms with Gasteiger partial charge in [-0.15, -0.1) is 6.58 Å². The van der Waals surface area contributed by atoms with Crippen LogP contribution < -0.4 is 11.3 Å². The number of nitrogens with zero attached hydrogens (tertiary/aromatic N) is 2. The molecule has 27 heavy (non-hydrogen) atoms. The second kappa shape index (κ2) is 8.35. The molecule has 2 rings (SSSR count). The van der Waals surface area contributed by atoms with Gasteiger partial charge in [0.15, 0.2) is 11.9 Å².